The summed E-state index contributed by atoms with van der Waals surface area (Å²) in [4.78, 5) is 45.4. The number of likely N-dealkylation sites (tertiary alicyclic amines) is 1. The first kappa shape index (κ1) is 26.6. The van der Waals surface area contributed by atoms with Crippen LogP contribution in [0.2, 0.25) is 0 Å². The Balaban J connectivity index is 1.52. The number of hydrogen-bond donors (Lipinski definition) is 0. The van der Waals surface area contributed by atoms with Gasteiger partial charge in [0.05, 0.1) is 19.6 Å². The van der Waals surface area contributed by atoms with Crippen molar-refractivity contribution in [2.75, 3.05) is 39.4 Å². The van der Waals surface area contributed by atoms with Gasteiger partial charge in [0.1, 0.15) is 12.1 Å². The van der Waals surface area contributed by atoms with Crippen LogP contribution in [0.3, 0.4) is 0 Å². The summed E-state index contributed by atoms with van der Waals surface area (Å²) in [6, 6.07) is 14.1. The fraction of sp³-hybridized carbons (Fsp3) is 0.464. The second-order valence-electron chi connectivity index (χ2n) is 10.0. The zero-order valence-electron chi connectivity index (χ0n) is 21.3. The zero-order chi connectivity index (χ0) is 25.9. The summed E-state index contributed by atoms with van der Waals surface area (Å²) in [6.07, 6.45) is 0.842. The predicted molar refractivity (Wildman–Crippen MR) is 146 cm³/mol. The maximum absolute atomic E-state index is 13.9. The van der Waals surface area contributed by atoms with Gasteiger partial charge in [-0.1, -0.05) is 41.5 Å². The Morgan fingerprint density at radius 3 is 2.17 bits per heavy atom. The summed E-state index contributed by atoms with van der Waals surface area (Å²) in [5, 5.41) is 0. The van der Waals surface area contributed by atoms with Crippen molar-refractivity contribution in [2.45, 2.75) is 45.7 Å². The smallest absolute Gasteiger partial charge is 0.249 e. The van der Waals surface area contributed by atoms with Crippen molar-refractivity contribution in [3.63, 3.8) is 0 Å². The Labute approximate surface area is 226 Å². The van der Waals surface area contributed by atoms with E-state index in [0.29, 0.717) is 45.8 Å². The van der Waals surface area contributed by atoms with Crippen molar-refractivity contribution in [1.82, 2.24) is 14.7 Å². The van der Waals surface area contributed by atoms with Gasteiger partial charge in [-0.15, -0.1) is 0 Å². The van der Waals surface area contributed by atoms with E-state index in [4.69, 9.17) is 4.74 Å². The molecule has 2 aliphatic heterocycles. The molecule has 0 N–H and O–H groups in total. The molecule has 2 heterocycles. The van der Waals surface area contributed by atoms with Gasteiger partial charge in [-0.3, -0.25) is 14.4 Å². The molecule has 2 saturated heterocycles. The maximum atomic E-state index is 13.9. The highest BCUT2D eigenvalue weighted by Gasteiger charge is 2.51. The molecule has 2 fully saturated rings. The zero-order valence-corrected chi connectivity index (χ0v) is 23.4. The molecule has 2 aromatic rings. The highest BCUT2D eigenvalue weighted by atomic mass is 127. The van der Waals surface area contributed by atoms with E-state index in [1.165, 1.54) is 0 Å². The Morgan fingerprint density at radius 1 is 0.944 bits per heavy atom. The van der Waals surface area contributed by atoms with Gasteiger partial charge in [0.25, 0.3) is 0 Å². The van der Waals surface area contributed by atoms with Crippen LogP contribution in [0, 0.1) is 17.4 Å². The van der Waals surface area contributed by atoms with Crippen LogP contribution in [-0.4, -0.2) is 77.4 Å². The summed E-state index contributed by atoms with van der Waals surface area (Å²) < 4.78 is 6.48. The summed E-state index contributed by atoms with van der Waals surface area (Å²) in [5.41, 5.74) is 3.19. The molecule has 8 heteroatoms. The number of carbonyl (C=O) groups excluding carboxylic acids is 3. The third-order valence-electron chi connectivity index (χ3n) is 7.08. The molecule has 4 rings (SSSR count). The molecule has 2 aliphatic rings. The Kier molecular flexibility index (Phi) is 8.34. The van der Waals surface area contributed by atoms with Crippen LogP contribution in [0.1, 0.15) is 35.6 Å². The minimum absolute atomic E-state index is 0.0144. The third kappa shape index (κ3) is 6.08. The van der Waals surface area contributed by atoms with Gasteiger partial charge >= 0.3 is 0 Å². The fourth-order valence-corrected chi connectivity index (χ4v) is 5.41. The molecule has 0 aromatic heterocycles. The van der Waals surface area contributed by atoms with Gasteiger partial charge in [-0.2, -0.15) is 0 Å². The second-order valence-corrected chi connectivity index (χ2v) is 11.3. The fourth-order valence-electron chi connectivity index (χ4n) is 5.05. The van der Waals surface area contributed by atoms with Crippen molar-refractivity contribution >= 4 is 40.3 Å². The minimum atomic E-state index is -0.954. The molecule has 1 unspecified atom stereocenters. The minimum Gasteiger partial charge on any atom is -0.378 e. The van der Waals surface area contributed by atoms with E-state index in [1.54, 1.807) is 14.7 Å². The van der Waals surface area contributed by atoms with Crippen LogP contribution < -0.4 is 0 Å². The van der Waals surface area contributed by atoms with Crippen molar-refractivity contribution in [1.29, 1.82) is 0 Å². The van der Waals surface area contributed by atoms with Gasteiger partial charge in [0.2, 0.25) is 17.7 Å². The molecule has 0 spiro atoms. The summed E-state index contributed by atoms with van der Waals surface area (Å²) in [6.45, 7) is 8.80. The van der Waals surface area contributed by atoms with Gasteiger partial charge < -0.3 is 19.4 Å². The van der Waals surface area contributed by atoms with E-state index in [1.807, 2.05) is 57.2 Å². The van der Waals surface area contributed by atoms with Crippen molar-refractivity contribution in [3.05, 3.63) is 68.3 Å². The number of amides is 3. The van der Waals surface area contributed by atoms with Crippen molar-refractivity contribution in [2.24, 2.45) is 0 Å². The molecule has 7 nitrogen and oxygen atoms in total. The van der Waals surface area contributed by atoms with E-state index in [0.717, 1.165) is 25.8 Å². The first-order valence-corrected chi connectivity index (χ1v) is 13.5. The summed E-state index contributed by atoms with van der Waals surface area (Å²) in [5.74, 6) is -0.327. The van der Waals surface area contributed by atoms with Crippen LogP contribution >= 0.6 is 22.6 Å². The lowest BCUT2D eigenvalue weighted by atomic mass is 9.84. The number of rotatable bonds is 7. The monoisotopic (exact) mass is 603 g/mol. The number of aryl methyl sites for hydroxylation is 2. The lowest BCUT2D eigenvalue weighted by Crippen LogP contribution is -2.68. The van der Waals surface area contributed by atoms with Crippen LogP contribution in [0.5, 0.6) is 0 Å². The number of morpholine rings is 1. The van der Waals surface area contributed by atoms with Gasteiger partial charge in [0.15, 0.2) is 0 Å². The van der Waals surface area contributed by atoms with Crippen molar-refractivity contribution in [3.8, 4) is 0 Å². The van der Waals surface area contributed by atoms with Crippen LogP contribution in [0.25, 0.3) is 0 Å². The topological polar surface area (TPSA) is 70.2 Å². The number of halogens is 1. The van der Waals surface area contributed by atoms with Gasteiger partial charge in [-0.05, 0) is 73.0 Å². The van der Waals surface area contributed by atoms with E-state index in [2.05, 4.69) is 28.7 Å². The predicted octanol–water partition coefficient (Wildman–Crippen LogP) is 3.33. The molecule has 36 heavy (non-hydrogen) atoms. The van der Waals surface area contributed by atoms with E-state index >= 15 is 0 Å². The van der Waals surface area contributed by atoms with Crippen LogP contribution in [0.4, 0.5) is 0 Å². The normalized spacial score (nSPS) is 19.6. The van der Waals surface area contributed by atoms with E-state index < -0.39 is 5.54 Å². The molecular weight excluding hydrogens is 569 g/mol. The average molecular weight is 604 g/mol. The number of nitrogens with zero attached hydrogens (tertiary/aromatic N) is 3. The molecule has 0 bridgehead atoms. The molecule has 0 radical (unpaired) electrons. The third-order valence-corrected chi connectivity index (χ3v) is 7.80. The first-order chi connectivity index (χ1) is 17.2. The second kappa shape index (κ2) is 11.3. The lowest BCUT2D eigenvalue weighted by Gasteiger charge is -2.51. The summed E-state index contributed by atoms with van der Waals surface area (Å²) in [7, 11) is 0. The molecule has 3 amide bonds. The molecule has 2 aromatic carbocycles. The molecule has 0 saturated carbocycles. The standard InChI is InChI=1S/C28H34IN3O4/c1-20-14-21(2)16-23(15-20)17-25(33)32-9-8-28(32,3)27(35)31(18-22-4-6-24(29)7-5-22)19-26(34)30-10-12-36-13-11-30/h4-7,14-16H,8-13,17-19H2,1-3H3. The molecular formula is C28H34IN3O4. The van der Waals surface area contributed by atoms with Crippen LogP contribution in [0.15, 0.2) is 42.5 Å². The maximum Gasteiger partial charge on any atom is 0.249 e. The largest absolute Gasteiger partial charge is 0.378 e. The van der Waals surface area contributed by atoms with E-state index in [-0.39, 0.29) is 30.7 Å². The van der Waals surface area contributed by atoms with Crippen molar-refractivity contribution < 1.29 is 19.1 Å². The Morgan fingerprint density at radius 2 is 1.58 bits per heavy atom. The number of ether oxygens (including phenoxy) is 1. The highest BCUT2D eigenvalue weighted by Crippen LogP contribution is 2.34. The summed E-state index contributed by atoms with van der Waals surface area (Å²) >= 11 is 2.25. The quantitative estimate of drug-likeness (QED) is 0.456. The number of hydrogen-bond acceptors (Lipinski definition) is 4. The molecule has 192 valence electrons. The molecule has 0 aliphatic carbocycles. The first-order valence-electron chi connectivity index (χ1n) is 12.4. The average Bonchev–Trinajstić information content (AvgIpc) is 2.83. The lowest BCUT2D eigenvalue weighted by molar-refractivity contribution is -0.165. The SMILES string of the molecule is Cc1cc(C)cc(CC(=O)N2CCC2(C)C(=O)N(CC(=O)N2CCOCC2)Cc2ccc(I)cc2)c1. The molecule has 1 atom stereocenters. The van der Waals surface area contributed by atoms with Crippen LogP contribution in [-0.2, 0) is 32.1 Å². The van der Waals surface area contributed by atoms with Gasteiger partial charge in [-0.25, -0.2) is 0 Å². The number of benzene rings is 2. The highest BCUT2D eigenvalue weighted by molar-refractivity contribution is 14.1. The van der Waals surface area contributed by atoms with Gasteiger partial charge in [0, 0.05) is 29.7 Å². The Bertz CT molecular complexity index is 1110. The number of carbonyl (C=O) groups is 3. The van der Waals surface area contributed by atoms with E-state index in [9.17, 15) is 14.4 Å². The Hall–Kier alpha value is -2.46.